The average Bonchev–Trinajstić information content (AvgIpc) is 3.32. The van der Waals surface area contributed by atoms with Crippen LogP contribution in [0.15, 0.2) is 6.07 Å². The van der Waals surface area contributed by atoms with Gasteiger partial charge in [0.15, 0.2) is 5.65 Å². The molecule has 0 aromatic carbocycles. The molecular weight excluding hydrogens is 542 g/mol. The average molecular weight is 588 g/mol. The molecule has 0 spiro atoms. The summed E-state index contributed by atoms with van der Waals surface area (Å²) in [6.07, 6.45) is 11.3. The van der Waals surface area contributed by atoms with Crippen LogP contribution in [-0.2, 0) is 14.9 Å². The smallest absolute Gasteiger partial charge is 0.303 e. The monoisotopic (exact) mass is 587 g/mol. The number of piperidine rings is 1. The van der Waals surface area contributed by atoms with Crippen molar-refractivity contribution >= 4 is 32.8 Å². The molecule has 11 nitrogen and oxygen atoms in total. The molecule has 2 aromatic rings. The highest BCUT2D eigenvalue weighted by Crippen LogP contribution is 2.44. The predicted octanol–water partition coefficient (Wildman–Crippen LogP) is 3.29. The van der Waals surface area contributed by atoms with Crippen molar-refractivity contribution in [2.75, 3.05) is 64.9 Å². The van der Waals surface area contributed by atoms with Crippen LogP contribution in [0.5, 0.6) is 0 Å². The Morgan fingerprint density at radius 3 is 2.34 bits per heavy atom. The SMILES string of the molecule is CN(C)S(=O)(=O)NC(=O)c1cc(N2CCC(CN3CCOCC3)CC2)c2c(C3CCC3)nn(C3CCCCC3)c2n1. The first-order chi connectivity index (χ1) is 19.8. The molecule has 0 unspecified atom stereocenters. The second-order valence-corrected chi connectivity index (χ2v) is 14.4. The van der Waals surface area contributed by atoms with E-state index in [2.05, 4.69) is 19.2 Å². The summed E-state index contributed by atoms with van der Waals surface area (Å²) in [4.78, 5) is 23.1. The summed E-state index contributed by atoms with van der Waals surface area (Å²) in [5.74, 6) is 0.340. The second kappa shape index (κ2) is 12.1. The first-order valence-electron chi connectivity index (χ1n) is 15.5. The van der Waals surface area contributed by atoms with Crippen molar-refractivity contribution in [3.63, 3.8) is 0 Å². The molecule has 2 aliphatic heterocycles. The summed E-state index contributed by atoms with van der Waals surface area (Å²) in [5, 5.41) is 6.31. The van der Waals surface area contributed by atoms with Gasteiger partial charge in [0, 0.05) is 52.7 Å². The van der Waals surface area contributed by atoms with Gasteiger partial charge in [0.2, 0.25) is 0 Å². The number of amides is 1. The zero-order valence-corrected chi connectivity index (χ0v) is 25.4. The van der Waals surface area contributed by atoms with Crippen molar-refractivity contribution < 1.29 is 17.9 Å². The Bertz CT molecular complexity index is 1340. The fraction of sp³-hybridized carbons (Fsp3) is 0.759. The van der Waals surface area contributed by atoms with Crippen molar-refractivity contribution in [2.45, 2.75) is 76.2 Å². The number of hydrogen-bond donors (Lipinski definition) is 1. The zero-order valence-electron chi connectivity index (χ0n) is 24.6. The van der Waals surface area contributed by atoms with Gasteiger partial charge in [-0.3, -0.25) is 9.69 Å². The van der Waals surface area contributed by atoms with E-state index in [9.17, 15) is 13.2 Å². The molecule has 4 heterocycles. The number of nitrogens with zero attached hydrogens (tertiary/aromatic N) is 6. The maximum absolute atomic E-state index is 13.4. The van der Waals surface area contributed by atoms with Crippen molar-refractivity contribution in [3.05, 3.63) is 17.5 Å². The van der Waals surface area contributed by atoms with E-state index in [0.29, 0.717) is 11.8 Å². The lowest BCUT2D eigenvalue weighted by Gasteiger charge is -2.37. The van der Waals surface area contributed by atoms with E-state index in [1.807, 2.05) is 6.07 Å². The largest absolute Gasteiger partial charge is 0.379 e. The highest BCUT2D eigenvalue weighted by Gasteiger charge is 2.33. The van der Waals surface area contributed by atoms with Gasteiger partial charge in [-0.05, 0) is 50.5 Å². The summed E-state index contributed by atoms with van der Waals surface area (Å²) in [5.41, 5.74) is 2.96. The molecule has 0 bridgehead atoms. The van der Waals surface area contributed by atoms with E-state index < -0.39 is 16.1 Å². The number of carbonyl (C=O) groups is 1. The maximum Gasteiger partial charge on any atom is 0.303 e. The Hall–Kier alpha value is -2.28. The third-order valence-corrected chi connectivity index (χ3v) is 11.0. The molecule has 4 aliphatic rings. The van der Waals surface area contributed by atoms with Gasteiger partial charge in [-0.15, -0.1) is 0 Å². The van der Waals surface area contributed by atoms with Crippen LogP contribution in [0.1, 0.15) is 92.4 Å². The van der Waals surface area contributed by atoms with E-state index in [4.69, 9.17) is 14.8 Å². The lowest BCUT2D eigenvalue weighted by atomic mass is 9.81. The van der Waals surface area contributed by atoms with Crippen LogP contribution < -0.4 is 9.62 Å². The van der Waals surface area contributed by atoms with Crippen LogP contribution in [0.4, 0.5) is 5.69 Å². The van der Waals surface area contributed by atoms with Crippen molar-refractivity contribution in [2.24, 2.45) is 5.92 Å². The van der Waals surface area contributed by atoms with E-state index in [0.717, 1.165) is 124 Å². The lowest BCUT2D eigenvalue weighted by Crippen LogP contribution is -2.43. The molecule has 2 aliphatic carbocycles. The molecule has 0 radical (unpaired) electrons. The second-order valence-electron chi connectivity index (χ2n) is 12.5. The van der Waals surface area contributed by atoms with E-state index in [-0.39, 0.29) is 11.7 Å². The minimum Gasteiger partial charge on any atom is -0.379 e. The first kappa shape index (κ1) is 28.8. The highest BCUT2D eigenvalue weighted by molar-refractivity contribution is 7.87. The molecule has 0 atom stereocenters. The van der Waals surface area contributed by atoms with Crippen LogP contribution in [-0.4, -0.2) is 98.3 Å². The number of fused-ring (bicyclic) bond motifs is 1. The van der Waals surface area contributed by atoms with Crippen LogP contribution in [0.2, 0.25) is 0 Å². The third kappa shape index (κ3) is 6.11. The molecule has 1 amide bonds. The Labute approximate surface area is 243 Å². The molecule has 41 heavy (non-hydrogen) atoms. The number of anilines is 1. The Morgan fingerprint density at radius 2 is 1.71 bits per heavy atom. The van der Waals surface area contributed by atoms with Gasteiger partial charge in [0.25, 0.3) is 5.91 Å². The quantitative estimate of drug-likeness (QED) is 0.501. The topological polar surface area (TPSA) is 113 Å². The fourth-order valence-electron chi connectivity index (χ4n) is 6.82. The van der Waals surface area contributed by atoms with Gasteiger partial charge in [-0.1, -0.05) is 25.7 Å². The van der Waals surface area contributed by atoms with Crippen LogP contribution in [0, 0.1) is 5.92 Å². The minimum atomic E-state index is -3.95. The van der Waals surface area contributed by atoms with Crippen LogP contribution in [0.3, 0.4) is 0 Å². The fourth-order valence-corrected chi connectivity index (χ4v) is 7.34. The molecule has 1 N–H and O–H groups in total. The molecule has 2 saturated heterocycles. The number of nitrogens with one attached hydrogen (secondary N) is 1. The van der Waals surface area contributed by atoms with Crippen molar-refractivity contribution in [3.8, 4) is 0 Å². The normalized spacial score (nSPS) is 22.4. The number of carbonyl (C=O) groups excluding carboxylic acids is 1. The van der Waals surface area contributed by atoms with E-state index >= 15 is 0 Å². The summed E-state index contributed by atoms with van der Waals surface area (Å²) < 4.78 is 35.9. The number of morpholine rings is 1. The van der Waals surface area contributed by atoms with Crippen molar-refractivity contribution in [1.29, 1.82) is 0 Å². The first-order valence-corrected chi connectivity index (χ1v) is 17.0. The number of ether oxygens (including phenoxy) is 1. The molecular formula is C29H45N7O4S. The summed E-state index contributed by atoms with van der Waals surface area (Å²) in [6, 6.07) is 2.07. The maximum atomic E-state index is 13.4. The van der Waals surface area contributed by atoms with Crippen LogP contribution >= 0.6 is 0 Å². The molecule has 6 rings (SSSR count). The van der Waals surface area contributed by atoms with Gasteiger partial charge >= 0.3 is 10.2 Å². The number of pyridine rings is 1. The van der Waals surface area contributed by atoms with Gasteiger partial charge in [-0.2, -0.15) is 17.8 Å². The molecule has 2 saturated carbocycles. The van der Waals surface area contributed by atoms with E-state index in [1.54, 1.807) is 0 Å². The number of rotatable bonds is 8. The molecule has 226 valence electrons. The minimum absolute atomic E-state index is 0.130. The van der Waals surface area contributed by atoms with Gasteiger partial charge in [0.1, 0.15) is 5.69 Å². The summed E-state index contributed by atoms with van der Waals surface area (Å²) in [6.45, 7) is 6.53. The predicted molar refractivity (Wildman–Crippen MR) is 159 cm³/mol. The van der Waals surface area contributed by atoms with E-state index in [1.165, 1.54) is 26.9 Å². The number of hydrogen-bond acceptors (Lipinski definition) is 8. The standard InChI is InChI=1S/C29H45N7O4S/c1-33(2)41(38,39)32-29(37)24-19-25(35-13-11-21(12-14-35)20-34-15-17-40-18-16-34)26-27(22-7-6-8-22)31-36(28(26)30-24)23-9-4-3-5-10-23/h19,21-23H,3-18,20H2,1-2H3,(H,32,37). The van der Waals surface area contributed by atoms with Crippen molar-refractivity contribution in [1.82, 2.24) is 28.7 Å². The van der Waals surface area contributed by atoms with Gasteiger partial charge in [0.05, 0.1) is 36.0 Å². The third-order valence-electron chi connectivity index (χ3n) is 9.59. The Morgan fingerprint density at radius 1 is 1.00 bits per heavy atom. The Kier molecular flexibility index (Phi) is 8.54. The summed E-state index contributed by atoms with van der Waals surface area (Å²) >= 11 is 0. The zero-order chi connectivity index (χ0) is 28.6. The summed E-state index contributed by atoms with van der Waals surface area (Å²) in [7, 11) is -1.14. The number of aromatic nitrogens is 3. The highest BCUT2D eigenvalue weighted by atomic mass is 32.2. The van der Waals surface area contributed by atoms with Crippen LogP contribution in [0.25, 0.3) is 11.0 Å². The molecule has 12 heteroatoms. The Balaban J connectivity index is 1.36. The molecule has 4 fully saturated rings. The lowest BCUT2D eigenvalue weighted by molar-refractivity contribution is 0.0289. The van der Waals surface area contributed by atoms with Gasteiger partial charge < -0.3 is 9.64 Å². The molecule has 2 aromatic heterocycles. The van der Waals surface area contributed by atoms with Gasteiger partial charge in [-0.25, -0.2) is 14.4 Å².